The van der Waals surface area contributed by atoms with E-state index in [4.69, 9.17) is 4.74 Å². The minimum absolute atomic E-state index is 0.132. The summed E-state index contributed by atoms with van der Waals surface area (Å²) in [5.74, 6) is 0.707. The maximum Gasteiger partial charge on any atom is 0.321 e. The predicted octanol–water partition coefficient (Wildman–Crippen LogP) is 2.01. The van der Waals surface area contributed by atoms with Crippen LogP contribution in [-0.2, 0) is 0 Å². The van der Waals surface area contributed by atoms with Gasteiger partial charge in [-0.3, -0.25) is 0 Å². The largest absolute Gasteiger partial charge is 0.497 e. The van der Waals surface area contributed by atoms with Gasteiger partial charge in [-0.1, -0.05) is 6.07 Å². The van der Waals surface area contributed by atoms with Gasteiger partial charge in [0.15, 0.2) is 0 Å². The molecule has 1 heterocycles. The topological polar surface area (TPSA) is 65.0 Å². The summed E-state index contributed by atoms with van der Waals surface area (Å²) >= 11 is 0. The zero-order valence-electron chi connectivity index (χ0n) is 14.2. The highest BCUT2D eigenvalue weighted by Gasteiger charge is 2.31. The number of amides is 2. The Morgan fingerprint density at radius 1 is 1.39 bits per heavy atom. The number of urea groups is 1. The molecule has 128 valence electrons. The van der Waals surface area contributed by atoms with Gasteiger partial charge in [0.1, 0.15) is 5.75 Å². The van der Waals surface area contributed by atoms with Crippen molar-refractivity contribution in [3.8, 4) is 5.75 Å². The van der Waals surface area contributed by atoms with Crippen LogP contribution in [0.4, 0.5) is 10.5 Å². The third-order valence-electron chi connectivity index (χ3n) is 4.14. The Bertz CT molecular complexity index is 536. The van der Waals surface area contributed by atoms with Crippen LogP contribution >= 0.6 is 0 Å². The zero-order valence-corrected chi connectivity index (χ0v) is 14.2. The lowest BCUT2D eigenvalue weighted by molar-refractivity contribution is 0.00361. The molecule has 1 fully saturated rings. The molecule has 2 rings (SSSR count). The lowest BCUT2D eigenvalue weighted by atomic mass is 9.94. The van der Waals surface area contributed by atoms with E-state index in [1.54, 1.807) is 18.1 Å². The number of hydrogen-bond acceptors (Lipinski definition) is 4. The summed E-state index contributed by atoms with van der Waals surface area (Å²) in [6, 6.07) is 7.17. The number of carbonyl (C=O) groups is 1. The monoisotopic (exact) mass is 321 g/mol. The van der Waals surface area contributed by atoms with Crippen molar-refractivity contribution in [1.29, 1.82) is 0 Å². The van der Waals surface area contributed by atoms with Crippen molar-refractivity contribution >= 4 is 11.7 Å². The van der Waals surface area contributed by atoms with Crippen LogP contribution in [0.15, 0.2) is 24.3 Å². The molecule has 1 aromatic carbocycles. The van der Waals surface area contributed by atoms with Crippen molar-refractivity contribution in [2.75, 3.05) is 46.2 Å². The van der Waals surface area contributed by atoms with Gasteiger partial charge in [-0.2, -0.15) is 0 Å². The number of carbonyl (C=O) groups excluding carboxylic acids is 1. The Balaban J connectivity index is 1.95. The molecular formula is C17H27N3O3. The number of likely N-dealkylation sites (N-methyl/N-ethyl adjacent to an activating group) is 1. The van der Waals surface area contributed by atoms with Crippen LogP contribution in [0.3, 0.4) is 0 Å². The first-order chi connectivity index (χ1) is 10.9. The Labute approximate surface area is 138 Å². The molecule has 1 saturated heterocycles. The number of anilines is 1. The van der Waals surface area contributed by atoms with Gasteiger partial charge in [-0.15, -0.1) is 0 Å². The molecule has 0 spiro atoms. The SMILES string of the molecule is COc1cccc(NC(=O)N2CCC[C@](O)(CN(C)C)CC2)c1. The van der Waals surface area contributed by atoms with Crippen LogP contribution in [0.1, 0.15) is 19.3 Å². The average molecular weight is 321 g/mol. The minimum atomic E-state index is -0.714. The molecule has 2 amide bonds. The number of aliphatic hydroxyl groups is 1. The lowest BCUT2D eigenvalue weighted by Crippen LogP contribution is -2.42. The van der Waals surface area contributed by atoms with Crippen LogP contribution in [0, 0.1) is 0 Å². The average Bonchev–Trinajstić information content (AvgIpc) is 2.68. The second kappa shape index (κ2) is 7.66. The molecule has 0 aliphatic carbocycles. The van der Waals surface area contributed by atoms with Crippen LogP contribution < -0.4 is 10.1 Å². The Hall–Kier alpha value is -1.79. The van der Waals surface area contributed by atoms with Crippen molar-refractivity contribution in [3.63, 3.8) is 0 Å². The quantitative estimate of drug-likeness (QED) is 0.890. The first-order valence-electron chi connectivity index (χ1n) is 7.99. The Kier molecular flexibility index (Phi) is 5.85. The maximum absolute atomic E-state index is 12.4. The van der Waals surface area contributed by atoms with Crippen LogP contribution in [-0.4, -0.2) is 67.4 Å². The summed E-state index contributed by atoms with van der Waals surface area (Å²) in [6.45, 7) is 1.84. The normalized spacial score (nSPS) is 21.9. The molecule has 0 radical (unpaired) electrons. The number of ether oxygens (including phenoxy) is 1. The fourth-order valence-corrected chi connectivity index (χ4v) is 3.03. The van der Waals surface area contributed by atoms with Gasteiger partial charge in [0.05, 0.1) is 12.7 Å². The molecule has 1 aliphatic rings. The highest BCUT2D eigenvalue weighted by atomic mass is 16.5. The molecule has 0 bridgehead atoms. The molecule has 1 atom stereocenters. The lowest BCUT2D eigenvalue weighted by Gasteiger charge is -2.29. The molecule has 6 nitrogen and oxygen atoms in total. The van der Waals surface area contributed by atoms with E-state index in [9.17, 15) is 9.90 Å². The van der Waals surface area contributed by atoms with Crippen LogP contribution in [0.2, 0.25) is 0 Å². The fraction of sp³-hybridized carbons (Fsp3) is 0.588. The minimum Gasteiger partial charge on any atom is -0.497 e. The first-order valence-corrected chi connectivity index (χ1v) is 7.99. The summed E-state index contributed by atoms with van der Waals surface area (Å²) in [5, 5.41) is 13.6. The molecule has 2 N–H and O–H groups in total. The van der Waals surface area contributed by atoms with E-state index in [-0.39, 0.29) is 6.03 Å². The van der Waals surface area contributed by atoms with Crippen molar-refractivity contribution in [1.82, 2.24) is 9.80 Å². The van der Waals surface area contributed by atoms with Gasteiger partial charge in [0.2, 0.25) is 0 Å². The standard InChI is InChI=1S/C17H27N3O3/c1-19(2)13-17(22)8-5-10-20(11-9-17)16(21)18-14-6-4-7-15(12-14)23-3/h4,6-7,12,22H,5,8-11,13H2,1-3H3,(H,18,21)/t17-/m1/s1. The van der Waals surface area contributed by atoms with Crippen molar-refractivity contribution in [2.45, 2.75) is 24.9 Å². The predicted molar refractivity (Wildman–Crippen MR) is 90.9 cm³/mol. The van der Waals surface area contributed by atoms with E-state index < -0.39 is 5.60 Å². The van der Waals surface area contributed by atoms with Gasteiger partial charge in [-0.25, -0.2) is 4.79 Å². The molecule has 0 saturated carbocycles. The highest BCUT2D eigenvalue weighted by Crippen LogP contribution is 2.24. The molecule has 0 unspecified atom stereocenters. The summed E-state index contributed by atoms with van der Waals surface area (Å²) < 4.78 is 5.16. The highest BCUT2D eigenvalue weighted by molar-refractivity contribution is 5.89. The van der Waals surface area contributed by atoms with Gasteiger partial charge >= 0.3 is 6.03 Å². The van der Waals surface area contributed by atoms with Crippen LogP contribution in [0.25, 0.3) is 0 Å². The summed E-state index contributed by atoms with van der Waals surface area (Å²) in [4.78, 5) is 16.2. The van der Waals surface area contributed by atoms with Crippen molar-refractivity contribution < 1.29 is 14.6 Å². The van der Waals surface area contributed by atoms with E-state index in [0.717, 1.165) is 6.42 Å². The van der Waals surface area contributed by atoms with E-state index >= 15 is 0 Å². The third kappa shape index (κ3) is 5.11. The molecule has 6 heteroatoms. The molecule has 1 aromatic rings. The third-order valence-corrected chi connectivity index (χ3v) is 4.14. The van der Waals surface area contributed by atoms with Crippen LogP contribution in [0.5, 0.6) is 5.75 Å². The van der Waals surface area contributed by atoms with E-state index in [1.807, 2.05) is 37.2 Å². The summed E-state index contributed by atoms with van der Waals surface area (Å²) in [6.07, 6.45) is 2.11. The Morgan fingerprint density at radius 3 is 2.87 bits per heavy atom. The summed E-state index contributed by atoms with van der Waals surface area (Å²) in [5.41, 5.74) is -0.00347. The van der Waals surface area contributed by atoms with Gasteiger partial charge in [0.25, 0.3) is 0 Å². The fourth-order valence-electron chi connectivity index (χ4n) is 3.03. The Morgan fingerprint density at radius 2 is 2.17 bits per heavy atom. The smallest absolute Gasteiger partial charge is 0.321 e. The second-order valence-corrected chi connectivity index (χ2v) is 6.46. The van der Waals surface area contributed by atoms with Gasteiger partial charge in [0, 0.05) is 31.4 Å². The number of benzene rings is 1. The molecule has 0 aromatic heterocycles. The van der Waals surface area contributed by atoms with E-state index in [2.05, 4.69) is 5.32 Å². The summed E-state index contributed by atoms with van der Waals surface area (Å²) in [7, 11) is 5.51. The van der Waals surface area contributed by atoms with E-state index in [1.165, 1.54) is 0 Å². The second-order valence-electron chi connectivity index (χ2n) is 6.46. The number of likely N-dealkylation sites (tertiary alicyclic amines) is 1. The number of rotatable bonds is 4. The van der Waals surface area contributed by atoms with E-state index in [0.29, 0.717) is 43.9 Å². The molecule has 1 aliphatic heterocycles. The zero-order chi connectivity index (χ0) is 16.9. The number of methoxy groups -OCH3 is 1. The van der Waals surface area contributed by atoms with Gasteiger partial charge < -0.3 is 25.0 Å². The molecular weight excluding hydrogens is 294 g/mol. The van der Waals surface area contributed by atoms with Crippen molar-refractivity contribution in [3.05, 3.63) is 24.3 Å². The first kappa shape index (κ1) is 17.6. The molecule has 23 heavy (non-hydrogen) atoms. The van der Waals surface area contributed by atoms with Gasteiger partial charge in [-0.05, 0) is 45.5 Å². The van der Waals surface area contributed by atoms with Crippen molar-refractivity contribution in [2.24, 2.45) is 0 Å². The number of nitrogens with one attached hydrogen (secondary N) is 1. The number of nitrogens with zero attached hydrogens (tertiary/aromatic N) is 2. The maximum atomic E-state index is 12.4. The number of hydrogen-bond donors (Lipinski definition) is 2.